The molecule has 2 atom stereocenters. The summed E-state index contributed by atoms with van der Waals surface area (Å²) in [6.07, 6.45) is 5.14. The molecule has 3 aromatic heterocycles. The minimum Gasteiger partial charge on any atom is -0.268 e. The summed E-state index contributed by atoms with van der Waals surface area (Å²) in [6.45, 7) is 13.3. The number of anilines is 1. The third kappa shape index (κ3) is 6.44. The average molecular weight is 742 g/mol. The number of alkyl halides is 3. The number of carbonyl (C=O) groups excluding carboxylic acids is 2. The molecule has 0 N–H and O–H groups in total. The number of thiophene rings is 3. The van der Waals surface area contributed by atoms with Crippen LogP contribution in [-0.4, -0.2) is 19.9 Å². The maximum absolute atomic E-state index is 14.1. The van der Waals surface area contributed by atoms with Gasteiger partial charge in [0.15, 0.2) is 0 Å². The zero-order chi connectivity index (χ0) is 35.2. The van der Waals surface area contributed by atoms with E-state index in [0.717, 1.165) is 31.7 Å². The Morgan fingerprint density at radius 2 is 1.35 bits per heavy atom. The lowest BCUT2D eigenvalue weighted by atomic mass is 10.0. The SMILES string of the molecule is CCCCC(CC)C[Si]1(CC(CC)CCCC)c2cc(C)sc2-c2sc(-c3sc(C)c4c3C(=O)N(c3cccc(C(F)(F)F)c3)C4=O)cc21. The van der Waals surface area contributed by atoms with E-state index >= 15 is 0 Å². The van der Waals surface area contributed by atoms with E-state index in [1.54, 1.807) is 16.5 Å². The maximum Gasteiger partial charge on any atom is 0.416 e. The van der Waals surface area contributed by atoms with Gasteiger partial charge < -0.3 is 0 Å². The van der Waals surface area contributed by atoms with E-state index in [9.17, 15) is 22.8 Å². The number of aryl methyl sites for hydroxylation is 2. The number of hydrogen-bond donors (Lipinski definition) is 0. The van der Waals surface area contributed by atoms with Crippen LogP contribution < -0.4 is 15.3 Å². The second-order valence-electron chi connectivity index (χ2n) is 14.0. The first-order valence-electron chi connectivity index (χ1n) is 17.8. The maximum atomic E-state index is 14.1. The molecule has 10 heteroatoms. The number of nitrogens with zero attached hydrogens (tertiary/aromatic N) is 1. The lowest BCUT2D eigenvalue weighted by molar-refractivity contribution is -0.137. The molecule has 0 saturated carbocycles. The summed E-state index contributed by atoms with van der Waals surface area (Å²) in [6, 6.07) is 11.9. The van der Waals surface area contributed by atoms with Crippen LogP contribution in [0.5, 0.6) is 0 Å². The summed E-state index contributed by atoms with van der Waals surface area (Å²) in [5.74, 6) is 0.226. The molecule has 2 unspecified atom stereocenters. The van der Waals surface area contributed by atoms with E-state index in [4.69, 9.17) is 0 Å². The van der Waals surface area contributed by atoms with Crippen LogP contribution in [0.4, 0.5) is 18.9 Å². The van der Waals surface area contributed by atoms with Gasteiger partial charge in [-0.25, -0.2) is 4.90 Å². The third-order valence-corrected chi connectivity index (χ3v) is 20.2. The van der Waals surface area contributed by atoms with Gasteiger partial charge in [-0.2, -0.15) is 13.2 Å². The largest absolute Gasteiger partial charge is 0.416 e. The van der Waals surface area contributed by atoms with Crippen LogP contribution in [0.2, 0.25) is 12.1 Å². The highest BCUT2D eigenvalue weighted by Gasteiger charge is 2.50. The molecule has 0 fully saturated rings. The Hall–Kier alpha value is -2.53. The van der Waals surface area contributed by atoms with E-state index in [1.165, 1.54) is 107 Å². The molecule has 3 nitrogen and oxygen atoms in total. The summed E-state index contributed by atoms with van der Waals surface area (Å²) in [5.41, 5.74) is -0.277. The topological polar surface area (TPSA) is 37.4 Å². The Morgan fingerprint density at radius 1 is 0.755 bits per heavy atom. The van der Waals surface area contributed by atoms with Crippen molar-refractivity contribution in [3.8, 4) is 19.5 Å². The highest BCUT2D eigenvalue weighted by molar-refractivity contribution is 7.32. The Kier molecular flexibility index (Phi) is 10.5. The Labute approximate surface area is 301 Å². The first-order chi connectivity index (χ1) is 23.4. The highest BCUT2D eigenvalue weighted by atomic mass is 32.1. The van der Waals surface area contributed by atoms with Crippen molar-refractivity contribution in [3.63, 3.8) is 0 Å². The number of carbonyl (C=O) groups is 2. The number of fused-ring (bicyclic) bond motifs is 4. The molecule has 6 rings (SSSR count). The Morgan fingerprint density at radius 3 is 1.94 bits per heavy atom. The molecule has 4 aromatic rings. The highest BCUT2D eigenvalue weighted by Crippen LogP contribution is 2.50. The Balaban J connectivity index is 1.47. The zero-order valence-corrected chi connectivity index (χ0v) is 32.8. The van der Waals surface area contributed by atoms with Crippen molar-refractivity contribution >= 4 is 70.0 Å². The van der Waals surface area contributed by atoms with Gasteiger partial charge in [-0.15, -0.1) is 34.0 Å². The van der Waals surface area contributed by atoms with Gasteiger partial charge in [0.25, 0.3) is 11.8 Å². The molecule has 49 heavy (non-hydrogen) atoms. The van der Waals surface area contributed by atoms with Gasteiger partial charge in [-0.05, 0) is 78.5 Å². The van der Waals surface area contributed by atoms with Crippen molar-refractivity contribution in [2.24, 2.45) is 11.8 Å². The molecular weight excluding hydrogens is 696 g/mol. The van der Waals surface area contributed by atoms with E-state index in [-0.39, 0.29) is 5.69 Å². The summed E-state index contributed by atoms with van der Waals surface area (Å²) in [4.78, 5) is 35.4. The number of amides is 2. The predicted molar refractivity (Wildman–Crippen MR) is 204 cm³/mol. The van der Waals surface area contributed by atoms with Crippen molar-refractivity contribution in [2.75, 3.05) is 4.90 Å². The van der Waals surface area contributed by atoms with Gasteiger partial charge in [-0.3, -0.25) is 9.59 Å². The molecule has 0 aliphatic carbocycles. The lowest BCUT2D eigenvalue weighted by Gasteiger charge is -2.35. The molecule has 5 heterocycles. The quantitative estimate of drug-likeness (QED) is 0.0953. The van der Waals surface area contributed by atoms with Gasteiger partial charge in [0.05, 0.1) is 27.3 Å². The second-order valence-corrected chi connectivity index (χ2v) is 21.6. The summed E-state index contributed by atoms with van der Waals surface area (Å²) < 4.78 is 40.8. The number of hydrogen-bond acceptors (Lipinski definition) is 5. The normalized spacial score (nSPS) is 18.3. The second kappa shape index (κ2) is 14.2. The molecular formula is C39H46F3NO2S3Si. The van der Waals surface area contributed by atoms with E-state index in [1.807, 2.05) is 18.3 Å². The zero-order valence-electron chi connectivity index (χ0n) is 29.3. The molecule has 0 radical (unpaired) electrons. The van der Waals surface area contributed by atoms with Gasteiger partial charge >= 0.3 is 6.18 Å². The Bertz CT molecular complexity index is 1850. The first-order valence-corrected chi connectivity index (χ1v) is 22.7. The van der Waals surface area contributed by atoms with Gasteiger partial charge in [0.1, 0.15) is 8.07 Å². The number of unbranched alkanes of at least 4 members (excludes halogenated alkanes) is 2. The fourth-order valence-electron chi connectivity index (χ4n) is 8.16. The smallest absolute Gasteiger partial charge is 0.268 e. The van der Waals surface area contributed by atoms with Crippen LogP contribution in [0.25, 0.3) is 19.5 Å². The molecule has 0 saturated heterocycles. The van der Waals surface area contributed by atoms with Crippen LogP contribution in [0, 0.1) is 25.7 Å². The molecule has 2 aliphatic rings. The monoisotopic (exact) mass is 741 g/mol. The van der Waals surface area contributed by atoms with Gasteiger partial charge in [0.2, 0.25) is 0 Å². The number of imide groups is 1. The number of rotatable bonds is 14. The van der Waals surface area contributed by atoms with Gasteiger partial charge in [-0.1, -0.05) is 85.1 Å². The van der Waals surface area contributed by atoms with Crippen LogP contribution in [0.1, 0.15) is 115 Å². The molecule has 262 valence electrons. The van der Waals surface area contributed by atoms with Gasteiger partial charge in [0, 0.05) is 24.4 Å². The molecule has 0 bridgehead atoms. The number of benzene rings is 1. The van der Waals surface area contributed by atoms with Crippen molar-refractivity contribution in [3.05, 3.63) is 62.8 Å². The molecule has 2 amide bonds. The molecule has 2 aliphatic heterocycles. The van der Waals surface area contributed by atoms with Crippen molar-refractivity contribution in [1.82, 2.24) is 0 Å². The molecule has 0 spiro atoms. The van der Waals surface area contributed by atoms with Crippen LogP contribution >= 0.6 is 34.0 Å². The molecule has 1 aromatic carbocycles. The lowest BCUT2D eigenvalue weighted by Crippen LogP contribution is -2.56. The van der Waals surface area contributed by atoms with Crippen LogP contribution in [0.15, 0.2) is 36.4 Å². The van der Waals surface area contributed by atoms with E-state index in [0.29, 0.717) is 23.0 Å². The standard InChI is InChI=1S/C39H46F3NO2S3Si/c1-7-11-14-25(9-3)21-49(22-26(10-4)15-12-8-2)30-18-23(5)46-35(30)36-31(49)20-29(48-36)34-33-32(24(6)47-34)37(44)43(38(33)45)28-17-13-16-27(19-28)39(40,41)42/h13,16-20,25-26H,7-12,14-15,21-22H2,1-6H3. The predicted octanol–water partition coefficient (Wildman–Crippen LogP) is 12.0. The first kappa shape index (κ1) is 36.3. The summed E-state index contributed by atoms with van der Waals surface area (Å²) >= 11 is 5.11. The van der Waals surface area contributed by atoms with E-state index in [2.05, 4.69) is 46.8 Å². The van der Waals surface area contributed by atoms with Crippen LogP contribution in [-0.2, 0) is 6.18 Å². The third-order valence-electron chi connectivity index (χ3n) is 10.8. The number of halogens is 3. The van der Waals surface area contributed by atoms with Crippen molar-refractivity contribution in [1.29, 1.82) is 0 Å². The van der Waals surface area contributed by atoms with E-state index < -0.39 is 31.6 Å². The fraction of sp³-hybridized carbons (Fsp3) is 0.487. The fourth-order valence-corrected chi connectivity index (χ4v) is 19.7. The average Bonchev–Trinajstić information content (AvgIpc) is 3.85. The minimum atomic E-state index is -4.58. The van der Waals surface area contributed by atoms with Crippen molar-refractivity contribution in [2.45, 2.75) is 111 Å². The van der Waals surface area contributed by atoms with Crippen molar-refractivity contribution < 1.29 is 22.8 Å². The summed E-state index contributed by atoms with van der Waals surface area (Å²) in [7, 11) is -2.22. The van der Waals surface area contributed by atoms with Crippen LogP contribution in [0.3, 0.4) is 0 Å². The minimum absolute atomic E-state index is 0.0504. The summed E-state index contributed by atoms with van der Waals surface area (Å²) in [5, 5.41) is 3.12.